The molecule has 0 fully saturated rings. The van der Waals surface area contributed by atoms with E-state index in [1.165, 1.54) is 0 Å². The molecule has 2 aromatic carbocycles. The third-order valence-electron chi connectivity index (χ3n) is 5.09. The molecule has 0 atom stereocenters. The summed E-state index contributed by atoms with van der Waals surface area (Å²) >= 11 is 0. The van der Waals surface area contributed by atoms with Crippen molar-refractivity contribution in [2.24, 2.45) is 0 Å². The lowest BCUT2D eigenvalue weighted by Crippen LogP contribution is -2.17. The summed E-state index contributed by atoms with van der Waals surface area (Å²) in [5, 5.41) is 7.41. The number of sulfone groups is 1. The van der Waals surface area contributed by atoms with Gasteiger partial charge in [-0.05, 0) is 48.7 Å². The topological polar surface area (TPSA) is 90.3 Å². The Kier molecular flexibility index (Phi) is 5.34. The molecule has 0 bridgehead atoms. The number of nitrogens with one attached hydrogen (secondary N) is 1. The number of anilines is 1. The first-order valence-electron chi connectivity index (χ1n) is 9.65. The van der Waals surface area contributed by atoms with E-state index in [-0.39, 0.29) is 23.8 Å². The van der Waals surface area contributed by atoms with Gasteiger partial charge in [0, 0.05) is 12.0 Å². The van der Waals surface area contributed by atoms with E-state index in [9.17, 15) is 13.2 Å². The van der Waals surface area contributed by atoms with Gasteiger partial charge >= 0.3 is 0 Å². The van der Waals surface area contributed by atoms with Gasteiger partial charge < -0.3 is 10.1 Å². The summed E-state index contributed by atoms with van der Waals surface area (Å²) < 4.78 is 30.9. The van der Waals surface area contributed by atoms with Crippen LogP contribution in [0.3, 0.4) is 0 Å². The number of benzene rings is 2. The van der Waals surface area contributed by atoms with E-state index in [0.717, 1.165) is 22.6 Å². The largest absolute Gasteiger partial charge is 0.497 e. The SMILES string of the molecule is COc1ccc(CCC(=O)Nc2c3c(nn2-c2cccc(C)c2)CS(=O)(=O)C3)cc1. The highest BCUT2D eigenvalue weighted by atomic mass is 32.2. The zero-order chi connectivity index (χ0) is 21.3. The van der Waals surface area contributed by atoms with Crippen LogP contribution in [0.15, 0.2) is 48.5 Å². The van der Waals surface area contributed by atoms with Crippen molar-refractivity contribution in [1.82, 2.24) is 9.78 Å². The number of methoxy groups -OCH3 is 1. The molecule has 0 radical (unpaired) electrons. The van der Waals surface area contributed by atoms with Gasteiger partial charge in [-0.1, -0.05) is 24.3 Å². The first-order valence-corrected chi connectivity index (χ1v) is 11.5. The molecule has 1 N–H and O–H groups in total. The summed E-state index contributed by atoms with van der Waals surface area (Å²) in [7, 11) is -1.62. The van der Waals surface area contributed by atoms with Crippen LogP contribution in [0.1, 0.15) is 28.8 Å². The second kappa shape index (κ2) is 7.95. The summed E-state index contributed by atoms with van der Waals surface area (Å²) in [5.74, 6) is 0.808. The molecule has 8 heteroatoms. The number of aryl methyl sites for hydroxylation is 2. The second-order valence-electron chi connectivity index (χ2n) is 7.45. The number of aromatic nitrogens is 2. The van der Waals surface area contributed by atoms with Crippen molar-refractivity contribution in [3.05, 3.63) is 70.9 Å². The molecule has 4 rings (SSSR count). The number of ether oxygens (including phenoxy) is 1. The zero-order valence-corrected chi connectivity index (χ0v) is 17.7. The first-order chi connectivity index (χ1) is 14.3. The van der Waals surface area contributed by atoms with Crippen molar-refractivity contribution >= 4 is 21.6 Å². The lowest BCUT2D eigenvalue weighted by atomic mass is 10.1. The van der Waals surface area contributed by atoms with Gasteiger partial charge in [0.2, 0.25) is 5.91 Å². The minimum Gasteiger partial charge on any atom is -0.497 e. The van der Waals surface area contributed by atoms with Crippen LogP contribution in [-0.2, 0) is 32.6 Å². The van der Waals surface area contributed by atoms with E-state index in [2.05, 4.69) is 10.4 Å². The van der Waals surface area contributed by atoms with Gasteiger partial charge in [0.05, 0.1) is 30.0 Å². The Bertz CT molecular complexity index is 1200. The van der Waals surface area contributed by atoms with E-state index >= 15 is 0 Å². The molecule has 0 saturated heterocycles. The number of carbonyl (C=O) groups is 1. The Morgan fingerprint density at radius 3 is 2.63 bits per heavy atom. The van der Waals surface area contributed by atoms with Crippen LogP contribution in [0.2, 0.25) is 0 Å². The molecule has 0 spiro atoms. The second-order valence-corrected chi connectivity index (χ2v) is 9.52. The van der Waals surface area contributed by atoms with E-state index in [0.29, 0.717) is 23.5 Å². The van der Waals surface area contributed by atoms with E-state index in [1.54, 1.807) is 11.8 Å². The molecule has 0 saturated carbocycles. The van der Waals surface area contributed by atoms with Crippen LogP contribution in [0, 0.1) is 6.92 Å². The molecule has 3 aromatic rings. The molecule has 1 aliphatic rings. The van der Waals surface area contributed by atoms with Crippen molar-refractivity contribution in [3.8, 4) is 11.4 Å². The van der Waals surface area contributed by atoms with Crippen molar-refractivity contribution < 1.29 is 17.9 Å². The predicted octanol–water partition coefficient (Wildman–Crippen LogP) is 3.19. The summed E-state index contributed by atoms with van der Waals surface area (Å²) in [6, 6.07) is 15.3. The molecule has 156 valence electrons. The average molecular weight is 426 g/mol. The van der Waals surface area contributed by atoms with Gasteiger partial charge in [-0.3, -0.25) is 4.79 Å². The van der Waals surface area contributed by atoms with E-state index in [4.69, 9.17) is 4.74 Å². The quantitative estimate of drug-likeness (QED) is 0.655. The van der Waals surface area contributed by atoms with Crippen molar-refractivity contribution in [3.63, 3.8) is 0 Å². The highest BCUT2D eigenvalue weighted by molar-refractivity contribution is 7.90. The molecular weight excluding hydrogens is 402 g/mol. The molecule has 2 heterocycles. The van der Waals surface area contributed by atoms with Gasteiger partial charge in [0.25, 0.3) is 0 Å². The minimum absolute atomic E-state index is 0.101. The fraction of sp³-hybridized carbons (Fsp3) is 0.273. The molecule has 0 unspecified atom stereocenters. The van der Waals surface area contributed by atoms with Gasteiger partial charge in [-0.15, -0.1) is 0 Å². The Balaban J connectivity index is 1.57. The summed E-state index contributed by atoms with van der Waals surface area (Å²) in [6.07, 6.45) is 0.835. The first kappa shape index (κ1) is 20.2. The molecule has 30 heavy (non-hydrogen) atoms. The van der Waals surface area contributed by atoms with Crippen molar-refractivity contribution in [2.75, 3.05) is 12.4 Å². The molecule has 7 nitrogen and oxygen atoms in total. The maximum absolute atomic E-state index is 12.7. The Morgan fingerprint density at radius 1 is 1.17 bits per heavy atom. The number of hydrogen-bond acceptors (Lipinski definition) is 5. The maximum Gasteiger partial charge on any atom is 0.225 e. The zero-order valence-electron chi connectivity index (χ0n) is 16.9. The van der Waals surface area contributed by atoms with Gasteiger partial charge in [-0.25, -0.2) is 13.1 Å². The fourth-order valence-corrected chi connectivity index (χ4v) is 5.06. The van der Waals surface area contributed by atoms with Gasteiger partial charge in [-0.2, -0.15) is 5.10 Å². The highest BCUT2D eigenvalue weighted by Gasteiger charge is 2.33. The van der Waals surface area contributed by atoms with Crippen LogP contribution in [0.4, 0.5) is 5.82 Å². The van der Waals surface area contributed by atoms with E-state index in [1.807, 2.05) is 55.5 Å². The minimum atomic E-state index is -3.23. The number of amides is 1. The van der Waals surface area contributed by atoms with Gasteiger partial charge in [0.15, 0.2) is 9.84 Å². The number of rotatable bonds is 6. The van der Waals surface area contributed by atoms with E-state index < -0.39 is 9.84 Å². The Morgan fingerprint density at radius 2 is 1.93 bits per heavy atom. The van der Waals surface area contributed by atoms with Crippen LogP contribution in [0.25, 0.3) is 5.69 Å². The number of nitrogens with zero attached hydrogens (tertiary/aromatic N) is 2. The van der Waals surface area contributed by atoms with Crippen LogP contribution >= 0.6 is 0 Å². The summed E-state index contributed by atoms with van der Waals surface area (Å²) in [6.45, 7) is 1.97. The number of carbonyl (C=O) groups excluding carboxylic acids is 1. The monoisotopic (exact) mass is 425 g/mol. The standard InChI is InChI=1S/C22H23N3O4S/c1-15-4-3-5-17(12-15)25-22(19-13-30(27,28)14-20(19)24-25)23-21(26)11-8-16-6-9-18(29-2)10-7-16/h3-7,9-10,12H,8,11,13-14H2,1-2H3,(H,23,26). The maximum atomic E-state index is 12.7. The van der Waals surface area contributed by atoms with Crippen LogP contribution in [-0.4, -0.2) is 31.2 Å². The van der Waals surface area contributed by atoms with Gasteiger partial charge in [0.1, 0.15) is 11.6 Å². The van der Waals surface area contributed by atoms with Crippen molar-refractivity contribution in [2.45, 2.75) is 31.3 Å². The normalized spacial score (nSPS) is 14.3. The lowest BCUT2D eigenvalue weighted by molar-refractivity contribution is -0.116. The molecule has 1 aromatic heterocycles. The smallest absolute Gasteiger partial charge is 0.225 e. The Labute approximate surface area is 175 Å². The highest BCUT2D eigenvalue weighted by Crippen LogP contribution is 2.33. The van der Waals surface area contributed by atoms with Crippen LogP contribution in [0.5, 0.6) is 5.75 Å². The summed E-state index contributed by atoms with van der Waals surface area (Å²) in [4.78, 5) is 12.7. The number of fused-ring (bicyclic) bond motifs is 1. The molecular formula is C22H23N3O4S. The Hall–Kier alpha value is -3.13. The molecule has 1 amide bonds. The lowest BCUT2D eigenvalue weighted by Gasteiger charge is -2.12. The van der Waals surface area contributed by atoms with Crippen molar-refractivity contribution in [1.29, 1.82) is 0 Å². The van der Waals surface area contributed by atoms with Crippen LogP contribution < -0.4 is 10.1 Å². The predicted molar refractivity (Wildman–Crippen MR) is 115 cm³/mol. The fourth-order valence-electron chi connectivity index (χ4n) is 3.56. The average Bonchev–Trinajstić information content (AvgIpc) is 3.19. The number of hydrogen-bond donors (Lipinski definition) is 1. The third kappa shape index (κ3) is 4.23. The molecule has 0 aliphatic carbocycles. The third-order valence-corrected chi connectivity index (χ3v) is 6.53. The summed E-state index contributed by atoms with van der Waals surface area (Å²) in [5.41, 5.74) is 3.93. The molecule has 1 aliphatic heterocycles.